The van der Waals surface area contributed by atoms with Gasteiger partial charge in [0.2, 0.25) is 5.72 Å². The molecule has 0 aromatic heterocycles. The van der Waals surface area contributed by atoms with Crippen molar-refractivity contribution in [3.8, 4) is 0 Å². The number of para-hydroxylation sites is 1. The lowest BCUT2D eigenvalue weighted by molar-refractivity contribution is -0.150. The zero-order chi connectivity index (χ0) is 17.5. The minimum Gasteiger partial charge on any atom is -0.359 e. The molecule has 24 heavy (non-hydrogen) atoms. The molecule has 0 saturated carbocycles. The van der Waals surface area contributed by atoms with Gasteiger partial charge in [0.1, 0.15) is 0 Å². The van der Waals surface area contributed by atoms with Crippen LogP contribution < -0.4 is 4.90 Å². The van der Waals surface area contributed by atoms with Crippen LogP contribution in [0, 0.1) is 0 Å². The minimum absolute atomic E-state index is 0.181. The fraction of sp³-hybridized carbons (Fsp3) is 0.222. The largest absolute Gasteiger partial charge is 0.359 e. The number of hydrogen-bond acceptors (Lipinski definition) is 3. The van der Waals surface area contributed by atoms with Gasteiger partial charge in [0.05, 0.1) is 5.69 Å². The van der Waals surface area contributed by atoms with Crippen LogP contribution in [0.3, 0.4) is 0 Å². The first kappa shape index (κ1) is 16.9. The molecule has 1 aliphatic heterocycles. The molecule has 0 spiro atoms. The van der Waals surface area contributed by atoms with Crippen LogP contribution in [0.5, 0.6) is 0 Å². The van der Waals surface area contributed by atoms with Crippen LogP contribution in [0.25, 0.3) is 0 Å². The Morgan fingerprint density at radius 2 is 1.79 bits per heavy atom. The van der Waals surface area contributed by atoms with E-state index in [1.807, 2.05) is 32.0 Å². The molecule has 2 aromatic carbocycles. The van der Waals surface area contributed by atoms with Crippen molar-refractivity contribution >= 4 is 40.5 Å². The van der Waals surface area contributed by atoms with Crippen LogP contribution in [0.1, 0.15) is 19.4 Å². The molecule has 1 amide bonds. The number of amides is 1. The van der Waals surface area contributed by atoms with Gasteiger partial charge >= 0.3 is 0 Å². The van der Waals surface area contributed by atoms with Crippen LogP contribution in [-0.4, -0.2) is 27.1 Å². The molecule has 0 bridgehead atoms. The van der Waals surface area contributed by atoms with Crippen LogP contribution in [0.2, 0.25) is 5.02 Å². The Labute approximate surface area is 151 Å². The number of carbonyl (C=O) groups excluding carboxylic acids is 1. The first-order valence-electron chi connectivity index (χ1n) is 7.58. The molecule has 1 atom stereocenters. The number of aliphatic hydroxyl groups is 1. The summed E-state index contributed by atoms with van der Waals surface area (Å²) >= 11 is 11.6. The highest BCUT2D eigenvalue weighted by atomic mass is 35.5. The van der Waals surface area contributed by atoms with Gasteiger partial charge in [-0.15, -0.1) is 0 Å². The van der Waals surface area contributed by atoms with E-state index in [4.69, 9.17) is 23.8 Å². The molecule has 3 rings (SSSR count). The number of nitrogens with zero attached hydrogens (tertiary/aromatic N) is 2. The number of anilines is 1. The Kier molecular flexibility index (Phi) is 4.34. The SMILES string of the molecule is CC(C)N1C(=S)N(c2ccccc2)C(=O)[C@@]1(O)c1cccc(Cl)c1. The second kappa shape index (κ2) is 6.16. The normalized spacial score (nSPS) is 21.0. The molecule has 2 aromatic rings. The van der Waals surface area contributed by atoms with Crippen molar-refractivity contribution in [3.05, 3.63) is 65.2 Å². The van der Waals surface area contributed by atoms with Gasteiger partial charge in [-0.1, -0.05) is 41.9 Å². The van der Waals surface area contributed by atoms with Gasteiger partial charge in [0.25, 0.3) is 5.91 Å². The highest BCUT2D eigenvalue weighted by Gasteiger charge is 2.57. The summed E-state index contributed by atoms with van der Waals surface area (Å²) in [6.07, 6.45) is 0. The summed E-state index contributed by atoms with van der Waals surface area (Å²) in [5.74, 6) is -0.505. The minimum atomic E-state index is -1.88. The van der Waals surface area contributed by atoms with Gasteiger partial charge in [-0.2, -0.15) is 0 Å². The average molecular weight is 361 g/mol. The summed E-state index contributed by atoms with van der Waals surface area (Å²) < 4.78 is 0. The van der Waals surface area contributed by atoms with E-state index in [0.717, 1.165) is 0 Å². The maximum atomic E-state index is 13.2. The maximum absolute atomic E-state index is 13.2. The Hall–Kier alpha value is -1.95. The van der Waals surface area contributed by atoms with Crippen LogP contribution in [0.15, 0.2) is 54.6 Å². The van der Waals surface area contributed by atoms with Gasteiger partial charge in [-0.3, -0.25) is 9.69 Å². The highest BCUT2D eigenvalue weighted by molar-refractivity contribution is 7.80. The smallest absolute Gasteiger partial charge is 0.291 e. The summed E-state index contributed by atoms with van der Waals surface area (Å²) in [6, 6.07) is 15.6. The van der Waals surface area contributed by atoms with E-state index in [0.29, 0.717) is 16.3 Å². The lowest BCUT2D eigenvalue weighted by Gasteiger charge is -2.34. The van der Waals surface area contributed by atoms with Gasteiger partial charge in [-0.25, -0.2) is 0 Å². The van der Waals surface area contributed by atoms with E-state index in [9.17, 15) is 9.90 Å². The first-order chi connectivity index (χ1) is 11.4. The Morgan fingerprint density at radius 3 is 2.38 bits per heavy atom. The fourth-order valence-corrected chi connectivity index (χ4v) is 3.68. The molecule has 0 radical (unpaired) electrons. The molecular formula is C18H17ClN2O2S. The number of hydrogen-bond donors (Lipinski definition) is 1. The predicted octanol–water partition coefficient (Wildman–Crippen LogP) is 3.53. The second-order valence-corrected chi connectivity index (χ2v) is 6.71. The predicted molar refractivity (Wildman–Crippen MR) is 98.8 cm³/mol. The zero-order valence-electron chi connectivity index (χ0n) is 13.3. The van der Waals surface area contributed by atoms with E-state index in [2.05, 4.69) is 0 Å². The third kappa shape index (κ3) is 2.49. The Morgan fingerprint density at radius 1 is 1.12 bits per heavy atom. The van der Waals surface area contributed by atoms with E-state index < -0.39 is 11.6 Å². The first-order valence-corrected chi connectivity index (χ1v) is 8.37. The number of rotatable bonds is 3. The summed E-state index contributed by atoms with van der Waals surface area (Å²) in [5.41, 5.74) is -0.864. The van der Waals surface area contributed by atoms with Crippen LogP contribution >= 0.6 is 23.8 Å². The van der Waals surface area contributed by atoms with E-state index >= 15 is 0 Å². The molecule has 0 unspecified atom stereocenters. The second-order valence-electron chi connectivity index (χ2n) is 5.90. The topological polar surface area (TPSA) is 43.8 Å². The monoisotopic (exact) mass is 360 g/mol. The molecular weight excluding hydrogens is 344 g/mol. The standard InChI is InChI=1S/C18H17ClN2O2S/c1-12(2)21-17(24)20(15-9-4-3-5-10-15)16(22)18(21,23)13-7-6-8-14(19)11-13/h3-12,23H,1-2H3/t18-/m0/s1. The summed E-state index contributed by atoms with van der Waals surface area (Å²) in [7, 11) is 0. The molecule has 4 nitrogen and oxygen atoms in total. The molecule has 1 heterocycles. The van der Waals surface area contributed by atoms with Crippen molar-refractivity contribution in [2.75, 3.05) is 4.90 Å². The van der Waals surface area contributed by atoms with E-state index in [1.54, 1.807) is 41.3 Å². The molecule has 124 valence electrons. The maximum Gasteiger partial charge on any atom is 0.291 e. The van der Waals surface area contributed by atoms with Crippen molar-refractivity contribution in [3.63, 3.8) is 0 Å². The summed E-state index contributed by atoms with van der Waals surface area (Å²) in [6.45, 7) is 3.76. The van der Waals surface area contributed by atoms with Gasteiger partial charge < -0.3 is 10.0 Å². The van der Waals surface area contributed by atoms with E-state index in [1.165, 1.54) is 4.90 Å². The zero-order valence-corrected chi connectivity index (χ0v) is 14.9. The van der Waals surface area contributed by atoms with Gasteiger partial charge in [0, 0.05) is 16.6 Å². The van der Waals surface area contributed by atoms with Crippen LogP contribution in [0.4, 0.5) is 5.69 Å². The van der Waals surface area contributed by atoms with Crippen molar-refractivity contribution in [1.29, 1.82) is 0 Å². The van der Waals surface area contributed by atoms with Gasteiger partial charge in [0.15, 0.2) is 5.11 Å². The quantitative estimate of drug-likeness (QED) is 0.850. The number of halogens is 1. The Bertz CT molecular complexity index is 797. The van der Waals surface area contributed by atoms with Gasteiger partial charge in [-0.05, 0) is 50.3 Å². The number of benzene rings is 2. The lowest BCUT2D eigenvalue weighted by Crippen LogP contribution is -2.50. The molecule has 6 heteroatoms. The number of carbonyl (C=O) groups is 1. The molecule has 1 fully saturated rings. The van der Waals surface area contributed by atoms with Crippen LogP contribution in [-0.2, 0) is 10.5 Å². The third-order valence-corrected chi connectivity index (χ3v) is 4.62. The van der Waals surface area contributed by atoms with Crippen molar-refractivity contribution < 1.29 is 9.90 Å². The molecule has 1 aliphatic rings. The summed E-state index contributed by atoms with van der Waals surface area (Å²) in [4.78, 5) is 16.1. The highest BCUT2D eigenvalue weighted by Crippen LogP contribution is 2.39. The van der Waals surface area contributed by atoms with Crippen molar-refractivity contribution in [1.82, 2.24) is 4.90 Å². The van der Waals surface area contributed by atoms with Crippen molar-refractivity contribution in [2.45, 2.75) is 25.6 Å². The lowest BCUT2D eigenvalue weighted by atomic mass is 10.00. The Balaban J connectivity index is 2.17. The summed E-state index contributed by atoms with van der Waals surface area (Å²) in [5, 5.41) is 12.1. The molecule has 1 N–H and O–H groups in total. The molecule has 0 aliphatic carbocycles. The molecule has 1 saturated heterocycles. The number of thiocarbonyl (C=S) groups is 1. The van der Waals surface area contributed by atoms with E-state index in [-0.39, 0.29) is 11.2 Å². The third-order valence-electron chi connectivity index (χ3n) is 4.01. The van der Waals surface area contributed by atoms with Crippen molar-refractivity contribution in [2.24, 2.45) is 0 Å². The average Bonchev–Trinajstić information content (AvgIpc) is 2.75. The fourth-order valence-electron chi connectivity index (χ4n) is 2.96.